The van der Waals surface area contributed by atoms with Crippen LogP contribution in [0.25, 0.3) is 0 Å². The van der Waals surface area contributed by atoms with Crippen molar-refractivity contribution in [3.05, 3.63) is 59.3 Å². The van der Waals surface area contributed by atoms with Crippen molar-refractivity contribution < 1.29 is 23.1 Å². The number of hydrogen-bond donors (Lipinski definition) is 2. The summed E-state index contributed by atoms with van der Waals surface area (Å²) >= 11 is 0. The number of unbranched alkanes of at least 4 members (excludes halogenated alkanes) is 8. The maximum atomic E-state index is 12.9. The van der Waals surface area contributed by atoms with Crippen LogP contribution < -0.4 is 5.73 Å². The third-order valence-corrected chi connectivity index (χ3v) is 9.39. The van der Waals surface area contributed by atoms with Crippen LogP contribution in [-0.2, 0) is 17.4 Å². The van der Waals surface area contributed by atoms with Gasteiger partial charge in [-0.2, -0.15) is 13.2 Å². The minimum atomic E-state index is -4.33. The number of fused-ring (bicyclic) bond motifs is 2. The molecule has 7 heteroatoms. The molecule has 1 aromatic carbocycles. The first-order valence-corrected chi connectivity index (χ1v) is 16.5. The average molecular weight is 591 g/mol. The molecule has 2 saturated carbocycles. The summed E-state index contributed by atoms with van der Waals surface area (Å²) in [7, 11) is 0. The molecule has 3 N–H and O–H groups in total. The molecule has 2 aliphatic carbocycles. The Morgan fingerprint density at radius 2 is 1.74 bits per heavy atom. The number of alkyl halides is 3. The molecule has 1 aliphatic heterocycles. The van der Waals surface area contributed by atoms with Crippen LogP contribution in [0, 0.1) is 17.8 Å². The van der Waals surface area contributed by atoms with Gasteiger partial charge < -0.3 is 15.7 Å². The highest BCUT2D eigenvalue weighted by molar-refractivity contribution is 5.88. The van der Waals surface area contributed by atoms with Gasteiger partial charge in [0.15, 0.2) is 0 Å². The molecular weight excluding hydrogens is 537 g/mol. The molecule has 0 amide bonds. The molecular formula is C35H53F3N2O2. The zero-order chi connectivity index (χ0) is 30.4. The monoisotopic (exact) mass is 590 g/mol. The Bertz CT molecular complexity index is 998. The SMILES string of the molecule is CCCCCCCCCCN.O=C(O)C1=CC=CN(CC2CC3CCC2C3)C1CCCCc1cccc(C(F)(F)F)c1. The van der Waals surface area contributed by atoms with Crippen LogP contribution in [0.4, 0.5) is 13.2 Å². The number of hydrogen-bond acceptors (Lipinski definition) is 3. The number of carboxylic acids is 1. The lowest BCUT2D eigenvalue weighted by atomic mass is 9.87. The van der Waals surface area contributed by atoms with Crippen molar-refractivity contribution in [2.24, 2.45) is 23.5 Å². The van der Waals surface area contributed by atoms with Crippen molar-refractivity contribution in [2.75, 3.05) is 13.1 Å². The van der Waals surface area contributed by atoms with Crippen LogP contribution in [0.15, 0.2) is 48.2 Å². The molecule has 4 unspecified atom stereocenters. The van der Waals surface area contributed by atoms with Crippen molar-refractivity contribution >= 4 is 5.97 Å². The van der Waals surface area contributed by atoms with Crippen molar-refractivity contribution in [3.8, 4) is 0 Å². The van der Waals surface area contributed by atoms with E-state index in [4.69, 9.17) is 5.73 Å². The lowest BCUT2D eigenvalue weighted by Crippen LogP contribution is -2.40. The van der Waals surface area contributed by atoms with Crippen molar-refractivity contribution in [2.45, 2.75) is 122 Å². The largest absolute Gasteiger partial charge is 0.478 e. The number of halogens is 3. The lowest BCUT2D eigenvalue weighted by molar-refractivity contribution is -0.137. The maximum Gasteiger partial charge on any atom is 0.416 e. The molecule has 42 heavy (non-hydrogen) atoms. The van der Waals surface area contributed by atoms with E-state index in [1.165, 1.54) is 89.2 Å². The lowest BCUT2D eigenvalue weighted by Gasteiger charge is -2.37. The van der Waals surface area contributed by atoms with E-state index < -0.39 is 17.7 Å². The molecule has 1 aromatic rings. The number of nitrogens with two attached hydrogens (primary N) is 1. The minimum Gasteiger partial charge on any atom is -0.478 e. The van der Waals surface area contributed by atoms with Crippen LogP contribution in [0.1, 0.15) is 114 Å². The van der Waals surface area contributed by atoms with Crippen molar-refractivity contribution in [1.29, 1.82) is 0 Å². The number of rotatable bonds is 16. The van der Waals surface area contributed by atoms with Crippen LogP contribution in [0.3, 0.4) is 0 Å². The highest BCUT2D eigenvalue weighted by atomic mass is 19.4. The second-order valence-electron chi connectivity index (χ2n) is 12.6. The summed E-state index contributed by atoms with van der Waals surface area (Å²) in [5.74, 6) is 1.39. The topological polar surface area (TPSA) is 66.6 Å². The molecule has 0 aromatic heterocycles. The quantitative estimate of drug-likeness (QED) is 0.188. The van der Waals surface area contributed by atoms with Gasteiger partial charge in [0.2, 0.25) is 0 Å². The summed E-state index contributed by atoms with van der Waals surface area (Å²) in [6.45, 7) is 4.03. The van der Waals surface area contributed by atoms with Crippen molar-refractivity contribution in [1.82, 2.24) is 4.90 Å². The average Bonchev–Trinajstić information content (AvgIpc) is 3.59. The van der Waals surface area contributed by atoms with E-state index in [9.17, 15) is 23.1 Å². The Morgan fingerprint density at radius 3 is 2.36 bits per heavy atom. The number of benzene rings is 1. The molecule has 2 fully saturated rings. The van der Waals surface area contributed by atoms with E-state index in [-0.39, 0.29) is 6.04 Å². The van der Waals surface area contributed by atoms with E-state index in [0.29, 0.717) is 29.9 Å². The van der Waals surface area contributed by atoms with E-state index >= 15 is 0 Å². The number of aryl methyl sites for hydroxylation is 1. The first-order valence-electron chi connectivity index (χ1n) is 16.5. The predicted octanol–water partition coefficient (Wildman–Crippen LogP) is 9.15. The molecule has 1 heterocycles. The summed E-state index contributed by atoms with van der Waals surface area (Å²) in [5.41, 5.74) is 5.87. The summed E-state index contributed by atoms with van der Waals surface area (Å²) in [6.07, 6.45) is 20.2. The Labute approximate surface area is 251 Å². The summed E-state index contributed by atoms with van der Waals surface area (Å²) in [6, 6.07) is 5.32. The van der Waals surface area contributed by atoms with Gasteiger partial charge in [-0.05, 0) is 99.2 Å². The fourth-order valence-corrected chi connectivity index (χ4v) is 7.09. The fourth-order valence-electron chi connectivity index (χ4n) is 7.09. The number of aliphatic carboxylic acids is 1. The molecule has 0 spiro atoms. The van der Waals surface area contributed by atoms with Crippen LogP contribution in [0.2, 0.25) is 0 Å². The maximum absolute atomic E-state index is 12.9. The Balaban J connectivity index is 0.000000375. The minimum absolute atomic E-state index is 0.164. The molecule has 4 nitrogen and oxygen atoms in total. The Morgan fingerprint density at radius 1 is 1.00 bits per heavy atom. The van der Waals surface area contributed by atoms with Crippen LogP contribution in [0.5, 0.6) is 0 Å². The molecule has 0 saturated heterocycles. The van der Waals surface area contributed by atoms with Gasteiger partial charge in [0, 0.05) is 6.54 Å². The van der Waals surface area contributed by atoms with Gasteiger partial charge in [-0.25, -0.2) is 4.79 Å². The van der Waals surface area contributed by atoms with Gasteiger partial charge in [0.1, 0.15) is 0 Å². The molecule has 0 radical (unpaired) electrons. The van der Waals surface area contributed by atoms with Gasteiger partial charge in [-0.3, -0.25) is 0 Å². The first kappa shape index (κ1) is 34.2. The summed E-state index contributed by atoms with van der Waals surface area (Å²) in [5, 5.41) is 9.70. The second-order valence-corrected chi connectivity index (χ2v) is 12.6. The normalized spacial score (nSPS) is 23.1. The highest BCUT2D eigenvalue weighted by Crippen LogP contribution is 2.49. The standard InChI is InChI=1S/C25H30F3NO2.C10H23N/c26-25(27,28)21-7-3-6-17(15-21)5-1-2-9-23-22(24(30)31)8-4-12-29(23)16-20-14-18-10-11-19(20)13-18;1-2-3-4-5-6-7-8-9-10-11/h3-4,6-8,12,15,18-20,23H,1-2,5,9-11,13-14,16H2,(H,30,31);2-11H2,1H3. The molecule has 2 bridgehead atoms. The van der Waals surface area contributed by atoms with Gasteiger partial charge in [-0.1, -0.05) is 82.9 Å². The summed E-state index contributed by atoms with van der Waals surface area (Å²) < 4.78 is 38.7. The molecule has 3 aliphatic rings. The Hall–Kier alpha value is -2.28. The smallest absolute Gasteiger partial charge is 0.416 e. The van der Waals surface area contributed by atoms with E-state index in [2.05, 4.69) is 11.8 Å². The van der Waals surface area contributed by atoms with Gasteiger partial charge in [-0.15, -0.1) is 0 Å². The molecule has 4 atom stereocenters. The molecule has 4 rings (SSSR count). The van der Waals surface area contributed by atoms with Gasteiger partial charge >= 0.3 is 12.1 Å². The third-order valence-electron chi connectivity index (χ3n) is 9.39. The Kier molecular flexibility index (Phi) is 14.5. The van der Waals surface area contributed by atoms with Crippen LogP contribution >= 0.6 is 0 Å². The summed E-state index contributed by atoms with van der Waals surface area (Å²) in [4.78, 5) is 14.0. The third kappa shape index (κ3) is 11.1. The zero-order valence-electron chi connectivity index (χ0n) is 25.6. The van der Waals surface area contributed by atoms with E-state index in [0.717, 1.165) is 43.8 Å². The number of nitrogens with zero attached hydrogens (tertiary/aromatic N) is 1. The van der Waals surface area contributed by atoms with Crippen molar-refractivity contribution in [3.63, 3.8) is 0 Å². The first-order chi connectivity index (χ1) is 20.2. The number of carboxylic acid groups (broad SMARTS) is 1. The number of allylic oxidation sites excluding steroid dienone is 2. The molecule has 236 valence electrons. The number of carbonyl (C=O) groups is 1. The van der Waals surface area contributed by atoms with E-state index in [1.807, 2.05) is 12.3 Å². The zero-order valence-corrected chi connectivity index (χ0v) is 25.6. The fraction of sp³-hybridized carbons (Fsp3) is 0.686. The highest BCUT2D eigenvalue weighted by Gasteiger charge is 2.41. The van der Waals surface area contributed by atoms with Gasteiger partial charge in [0.05, 0.1) is 17.2 Å². The second kappa shape index (κ2) is 17.7. The van der Waals surface area contributed by atoms with Crippen LogP contribution in [-0.4, -0.2) is 35.1 Å². The van der Waals surface area contributed by atoms with E-state index in [1.54, 1.807) is 12.1 Å². The van der Waals surface area contributed by atoms with Gasteiger partial charge in [0.25, 0.3) is 0 Å². The predicted molar refractivity (Wildman–Crippen MR) is 165 cm³/mol.